The molecule has 2 aromatic carbocycles. The summed E-state index contributed by atoms with van der Waals surface area (Å²) in [5.41, 5.74) is 3.88. The van der Waals surface area contributed by atoms with Crippen molar-refractivity contribution >= 4 is 18.0 Å². The number of hydrogen-bond donors (Lipinski definition) is 2. The molecule has 0 aliphatic carbocycles. The van der Waals surface area contributed by atoms with E-state index in [1.54, 1.807) is 18.2 Å². The van der Waals surface area contributed by atoms with Crippen LogP contribution < -0.4 is 20.2 Å². The number of benzene rings is 2. The van der Waals surface area contributed by atoms with E-state index in [0.29, 0.717) is 30.0 Å². The van der Waals surface area contributed by atoms with Crippen LogP contribution in [0.25, 0.3) is 0 Å². The summed E-state index contributed by atoms with van der Waals surface area (Å²) in [5.74, 6) is -0.548. The Morgan fingerprint density at radius 3 is 2.46 bits per heavy atom. The molecule has 0 aliphatic heterocycles. The minimum absolute atomic E-state index is 0.365. The summed E-state index contributed by atoms with van der Waals surface area (Å²) in [6, 6.07) is 14.9. The van der Waals surface area contributed by atoms with Crippen molar-refractivity contribution in [3.05, 3.63) is 59.7 Å². The second-order valence-corrected chi connectivity index (χ2v) is 5.27. The molecule has 2 rings (SSSR count). The van der Waals surface area contributed by atoms with Crippen LogP contribution in [0, 0.1) is 0 Å². The molecule has 26 heavy (non-hydrogen) atoms. The van der Waals surface area contributed by atoms with Crippen LogP contribution in [0.1, 0.15) is 11.1 Å². The number of hydrogen-bond acceptors (Lipinski definition) is 5. The third-order valence-electron chi connectivity index (χ3n) is 3.55. The molecule has 0 bridgehead atoms. The van der Waals surface area contributed by atoms with Gasteiger partial charge in [-0.25, -0.2) is 5.43 Å². The van der Waals surface area contributed by atoms with Crippen molar-refractivity contribution in [3.8, 4) is 11.5 Å². The average Bonchev–Trinajstić information content (AvgIpc) is 2.68. The number of nitrogens with zero attached hydrogens (tertiary/aromatic N) is 1. The van der Waals surface area contributed by atoms with Crippen LogP contribution in [0.4, 0.5) is 0 Å². The first-order valence-electron chi connectivity index (χ1n) is 8.02. The van der Waals surface area contributed by atoms with Crippen molar-refractivity contribution in [2.24, 2.45) is 5.10 Å². The van der Waals surface area contributed by atoms with Crippen molar-refractivity contribution in [2.45, 2.75) is 6.42 Å². The van der Waals surface area contributed by atoms with Crippen LogP contribution in [0.5, 0.6) is 11.5 Å². The highest BCUT2D eigenvalue weighted by atomic mass is 16.5. The van der Waals surface area contributed by atoms with Gasteiger partial charge >= 0.3 is 11.8 Å². The van der Waals surface area contributed by atoms with Crippen LogP contribution in [-0.2, 0) is 16.0 Å². The number of ether oxygens (including phenoxy) is 2. The van der Waals surface area contributed by atoms with Gasteiger partial charge in [-0.05, 0) is 24.1 Å². The molecule has 2 N–H and O–H groups in total. The standard InChI is InChI=1S/C19H21N3O4/c1-25-16-10-6-9-15(17(16)26-2)13-21-22-19(24)18(23)20-12-11-14-7-4-3-5-8-14/h3-10,13H,11-12H2,1-2H3,(H,20,23)(H,22,24)/b21-13+. The molecule has 2 aromatic rings. The van der Waals surface area contributed by atoms with Crippen molar-refractivity contribution in [1.82, 2.24) is 10.7 Å². The van der Waals surface area contributed by atoms with Crippen molar-refractivity contribution < 1.29 is 19.1 Å². The second-order valence-electron chi connectivity index (χ2n) is 5.27. The van der Waals surface area contributed by atoms with Gasteiger partial charge in [0.15, 0.2) is 11.5 Å². The monoisotopic (exact) mass is 355 g/mol. The zero-order valence-electron chi connectivity index (χ0n) is 14.7. The lowest BCUT2D eigenvalue weighted by Crippen LogP contribution is -2.38. The third kappa shape index (κ3) is 5.34. The predicted molar refractivity (Wildman–Crippen MR) is 98.4 cm³/mol. The maximum absolute atomic E-state index is 11.8. The van der Waals surface area contributed by atoms with Gasteiger partial charge in [0.25, 0.3) is 0 Å². The average molecular weight is 355 g/mol. The molecule has 0 fully saturated rings. The van der Waals surface area contributed by atoms with Gasteiger partial charge in [-0.1, -0.05) is 36.4 Å². The van der Waals surface area contributed by atoms with Gasteiger partial charge in [0.05, 0.1) is 20.4 Å². The summed E-state index contributed by atoms with van der Waals surface area (Å²) in [6.07, 6.45) is 2.03. The minimum atomic E-state index is -0.837. The van der Waals surface area contributed by atoms with E-state index in [-0.39, 0.29) is 0 Å². The Balaban J connectivity index is 1.84. The SMILES string of the molecule is COc1cccc(/C=N/NC(=O)C(=O)NCCc2ccccc2)c1OC. The zero-order valence-corrected chi connectivity index (χ0v) is 14.7. The number of nitrogens with one attached hydrogen (secondary N) is 2. The number of carbonyl (C=O) groups is 2. The third-order valence-corrected chi connectivity index (χ3v) is 3.55. The largest absolute Gasteiger partial charge is 0.493 e. The fourth-order valence-corrected chi connectivity index (χ4v) is 2.27. The van der Waals surface area contributed by atoms with E-state index in [9.17, 15) is 9.59 Å². The first-order valence-corrected chi connectivity index (χ1v) is 8.02. The molecular formula is C19H21N3O4. The highest BCUT2D eigenvalue weighted by Gasteiger charge is 2.12. The predicted octanol–water partition coefficient (Wildman–Crippen LogP) is 1.51. The van der Waals surface area contributed by atoms with Gasteiger partial charge in [-0.15, -0.1) is 0 Å². The van der Waals surface area contributed by atoms with Crippen LogP contribution in [0.2, 0.25) is 0 Å². The molecular weight excluding hydrogens is 334 g/mol. The number of rotatable bonds is 7. The minimum Gasteiger partial charge on any atom is -0.493 e. The lowest BCUT2D eigenvalue weighted by Gasteiger charge is -2.09. The quantitative estimate of drug-likeness (QED) is 0.448. The van der Waals surface area contributed by atoms with Gasteiger partial charge in [0, 0.05) is 12.1 Å². The maximum Gasteiger partial charge on any atom is 0.329 e. The fourth-order valence-electron chi connectivity index (χ4n) is 2.27. The van der Waals surface area contributed by atoms with Gasteiger partial charge in [0.1, 0.15) is 0 Å². The topological polar surface area (TPSA) is 89.0 Å². The van der Waals surface area contributed by atoms with Gasteiger partial charge < -0.3 is 14.8 Å². The number of carbonyl (C=O) groups excluding carboxylic acids is 2. The van der Waals surface area contributed by atoms with Gasteiger partial charge in [0.2, 0.25) is 0 Å². The molecule has 0 unspecified atom stereocenters. The Morgan fingerprint density at radius 1 is 1.00 bits per heavy atom. The van der Waals surface area contributed by atoms with E-state index in [0.717, 1.165) is 5.56 Å². The second kappa shape index (κ2) is 9.83. The molecule has 0 saturated heterocycles. The van der Waals surface area contributed by atoms with Crippen LogP contribution in [0.15, 0.2) is 53.6 Å². The van der Waals surface area contributed by atoms with Crippen molar-refractivity contribution in [1.29, 1.82) is 0 Å². The van der Waals surface area contributed by atoms with E-state index < -0.39 is 11.8 Å². The fraction of sp³-hybridized carbons (Fsp3) is 0.211. The summed E-state index contributed by atoms with van der Waals surface area (Å²) in [6.45, 7) is 0.365. The van der Waals surface area contributed by atoms with E-state index in [4.69, 9.17) is 9.47 Å². The molecule has 2 amide bonds. The summed E-state index contributed by atoms with van der Waals surface area (Å²) in [4.78, 5) is 23.5. The molecule has 7 nitrogen and oxygen atoms in total. The van der Waals surface area contributed by atoms with Gasteiger partial charge in [-0.3, -0.25) is 9.59 Å². The summed E-state index contributed by atoms with van der Waals surface area (Å²) < 4.78 is 10.4. The lowest BCUT2D eigenvalue weighted by molar-refractivity contribution is -0.139. The Morgan fingerprint density at radius 2 is 1.77 bits per heavy atom. The van der Waals surface area contributed by atoms with Crippen LogP contribution in [-0.4, -0.2) is 38.8 Å². The maximum atomic E-state index is 11.8. The van der Waals surface area contributed by atoms with E-state index in [1.807, 2.05) is 30.3 Å². The lowest BCUT2D eigenvalue weighted by atomic mass is 10.1. The molecule has 0 atom stereocenters. The summed E-state index contributed by atoms with van der Waals surface area (Å²) >= 11 is 0. The van der Waals surface area contributed by atoms with Gasteiger partial charge in [-0.2, -0.15) is 5.10 Å². The smallest absolute Gasteiger partial charge is 0.329 e. The van der Waals surface area contributed by atoms with Crippen molar-refractivity contribution in [2.75, 3.05) is 20.8 Å². The number of para-hydroxylation sites is 1. The first-order chi connectivity index (χ1) is 12.7. The van der Waals surface area contributed by atoms with Crippen LogP contribution >= 0.6 is 0 Å². The van der Waals surface area contributed by atoms with E-state index in [2.05, 4.69) is 15.8 Å². The highest BCUT2D eigenvalue weighted by molar-refractivity contribution is 6.35. The molecule has 0 heterocycles. The van der Waals surface area contributed by atoms with E-state index >= 15 is 0 Å². The summed E-state index contributed by atoms with van der Waals surface area (Å²) in [7, 11) is 3.04. The van der Waals surface area contributed by atoms with Crippen LogP contribution in [0.3, 0.4) is 0 Å². The Labute approximate surface area is 152 Å². The molecule has 0 aromatic heterocycles. The molecule has 0 aliphatic rings. The normalized spacial score (nSPS) is 10.4. The van der Waals surface area contributed by atoms with E-state index in [1.165, 1.54) is 20.4 Å². The molecule has 0 spiro atoms. The number of hydrazone groups is 1. The van der Waals surface area contributed by atoms with Crippen molar-refractivity contribution in [3.63, 3.8) is 0 Å². The Kier molecular flexibility index (Phi) is 7.17. The zero-order chi connectivity index (χ0) is 18.8. The molecule has 0 radical (unpaired) electrons. The highest BCUT2D eigenvalue weighted by Crippen LogP contribution is 2.29. The first kappa shape index (κ1) is 19.0. The number of amides is 2. The summed E-state index contributed by atoms with van der Waals surface area (Å²) in [5, 5.41) is 6.34. The Bertz CT molecular complexity index is 776. The molecule has 7 heteroatoms. The Hall–Kier alpha value is -3.35. The molecule has 136 valence electrons. The molecule has 0 saturated carbocycles. The number of methoxy groups -OCH3 is 2.